The van der Waals surface area contributed by atoms with Gasteiger partial charge in [-0.05, 0) is 66.5 Å². The quantitative estimate of drug-likeness (QED) is 0.317. The maximum Gasteiger partial charge on any atom is 0.186 e. The largest absolute Gasteiger partial charge is 0.229 e. The SMILES string of the molecule is CC(C)(C)OOC(C)(C#CC(C)(OOC(C)(C)C)c1ccccc1)c1ccccc1. The van der Waals surface area contributed by atoms with Crippen LogP contribution in [0.1, 0.15) is 66.5 Å². The molecule has 0 aliphatic carbocycles. The highest BCUT2D eigenvalue weighted by atomic mass is 17.2. The molecule has 2 unspecified atom stereocenters. The van der Waals surface area contributed by atoms with Crippen molar-refractivity contribution in [2.45, 2.75) is 77.8 Å². The average molecular weight is 411 g/mol. The minimum absolute atomic E-state index is 0.480. The van der Waals surface area contributed by atoms with Gasteiger partial charge >= 0.3 is 0 Å². The van der Waals surface area contributed by atoms with Crippen LogP contribution in [0.4, 0.5) is 0 Å². The van der Waals surface area contributed by atoms with Gasteiger partial charge in [0.25, 0.3) is 0 Å². The Hall–Kier alpha value is -2.16. The molecule has 4 heteroatoms. The zero-order valence-electron chi connectivity index (χ0n) is 19.4. The van der Waals surface area contributed by atoms with Crippen molar-refractivity contribution in [1.29, 1.82) is 0 Å². The van der Waals surface area contributed by atoms with E-state index in [1.165, 1.54) is 0 Å². The van der Waals surface area contributed by atoms with E-state index in [2.05, 4.69) is 11.8 Å². The second-order valence-electron chi connectivity index (χ2n) is 9.61. The summed E-state index contributed by atoms with van der Waals surface area (Å²) in [6, 6.07) is 19.6. The first kappa shape index (κ1) is 24.1. The van der Waals surface area contributed by atoms with Gasteiger partial charge in [-0.2, -0.15) is 0 Å². The topological polar surface area (TPSA) is 36.9 Å². The van der Waals surface area contributed by atoms with Crippen LogP contribution >= 0.6 is 0 Å². The van der Waals surface area contributed by atoms with E-state index in [0.29, 0.717) is 0 Å². The normalized spacial score (nSPS) is 16.1. The molecule has 0 aromatic heterocycles. The predicted octanol–water partition coefficient (Wildman–Crippen LogP) is 6.31. The first-order chi connectivity index (χ1) is 13.8. The Labute approximate surface area is 181 Å². The Morgan fingerprint density at radius 3 is 1.03 bits per heavy atom. The molecule has 2 rings (SSSR count). The van der Waals surface area contributed by atoms with Crippen LogP contribution in [0.25, 0.3) is 0 Å². The number of hydrogen-bond acceptors (Lipinski definition) is 4. The third-order valence-electron chi connectivity index (χ3n) is 4.11. The first-order valence-electron chi connectivity index (χ1n) is 10.2. The van der Waals surface area contributed by atoms with Crippen LogP contribution in [-0.2, 0) is 30.8 Å². The third kappa shape index (κ3) is 7.27. The second kappa shape index (κ2) is 9.32. The van der Waals surface area contributed by atoms with Crippen LogP contribution in [0.2, 0.25) is 0 Å². The van der Waals surface area contributed by atoms with Gasteiger partial charge in [0.15, 0.2) is 11.2 Å². The fraction of sp³-hybridized carbons (Fsp3) is 0.462. The zero-order chi connectivity index (χ0) is 22.5. The van der Waals surface area contributed by atoms with Gasteiger partial charge in [0.05, 0.1) is 11.2 Å². The molecule has 0 saturated carbocycles. The molecule has 0 aliphatic rings. The molecule has 2 aromatic carbocycles. The van der Waals surface area contributed by atoms with Crippen molar-refractivity contribution in [2.75, 3.05) is 0 Å². The van der Waals surface area contributed by atoms with Crippen molar-refractivity contribution in [3.63, 3.8) is 0 Å². The lowest BCUT2D eigenvalue weighted by atomic mass is 9.92. The van der Waals surface area contributed by atoms with E-state index in [4.69, 9.17) is 19.6 Å². The van der Waals surface area contributed by atoms with Crippen LogP contribution in [-0.4, -0.2) is 11.2 Å². The smallest absolute Gasteiger partial charge is 0.186 e. The molecule has 0 radical (unpaired) electrons. The summed E-state index contributed by atoms with van der Waals surface area (Å²) in [7, 11) is 0. The van der Waals surface area contributed by atoms with Gasteiger partial charge < -0.3 is 0 Å². The van der Waals surface area contributed by atoms with Crippen LogP contribution in [0.3, 0.4) is 0 Å². The lowest BCUT2D eigenvalue weighted by Crippen LogP contribution is -2.33. The maximum absolute atomic E-state index is 5.89. The van der Waals surface area contributed by atoms with Gasteiger partial charge in [0, 0.05) is 0 Å². The van der Waals surface area contributed by atoms with E-state index in [0.717, 1.165) is 11.1 Å². The number of benzene rings is 2. The summed E-state index contributed by atoms with van der Waals surface area (Å²) in [4.78, 5) is 23.1. The summed E-state index contributed by atoms with van der Waals surface area (Å²) in [6.45, 7) is 15.4. The van der Waals surface area contributed by atoms with E-state index in [1.54, 1.807) is 0 Å². The van der Waals surface area contributed by atoms with Crippen molar-refractivity contribution >= 4 is 0 Å². The third-order valence-corrected chi connectivity index (χ3v) is 4.11. The fourth-order valence-electron chi connectivity index (χ4n) is 2.45. The summed E-state index contributed by atoms with van der Waals surface area (Å²) in [6.07, 6.45) is 0. The highest BCUT2D eigenvalue weighted by Gasteiger charge is 2.33. The lowest BCUT2D eigenvalue weighted by Gasteiger charge is -2.30. The van der Waals surface area contributed by atoms with E-state index in [9.17, 15) is 0 Å². The molecule has 2 atom stereocenters. The maximum atomic E-state index is 5.89. The summed E-state index contributed by atoms with van der Waals surface area (Å²) in [5, 5.41) is 0. The number of hydrogen-bond donors (Lipinski definition) is 0. The molecule has 0 heterocycles. The van der Waals surface area contributed by atoms with Gasteiger partial charge in [0.2, 0.25) is 0 Å². The second-order valence-corrected chi connectivity index (χ2v) is 9.61. The molecule has 2 aromatic rings. The van der Waals surface area contributed by atoms with Crippen molar-refractivity contribution in [3.8, 4) is 11.8 Å². The summed E-state index contributed by atoms with van der Waals surface area (Å²) in [5.74, 6) is 6.52. The Kier molecular flexibility index (Phi) is 7.49. The average Bonchev–Trinajstić information content (AvgIpc) is 2.70. The van der Waals surface area contributed by atoms with Gasteiger partial charge in [-0.3, -0.25) is 0 Å². The number of rotatable bonds is 6. The molecule has 0 fully saturated rings. The Balaban J connectivity index is 2.48. The van der Waals surface area contributed by atoms with Gasteiger partial charge in [-0.1, -0.05) is 72.5 Å². The van der Waals surface area contributed by atoms with Gasteiger partial charge in [-0.15, -0.1) is 0 Å². The van der Waals surface area contributed by atoms with Crippen LogP contribution in [0.15, 0.2) is 60.7 Å². The molecule has 4 nitrogen and oxygen atoms in total. The van der Waals surface area contributed by atoms with E-state index < -0.39 is 22.4 Å². The standard InChI is InChI=1S/C26H34O4/c1-23(2,3)27-29-25(7,21-15-11-9-12-16-21)19-20-26(8,30-28-24(4,5)6)22-17-13-10-14-18-22/h9-18H,1-8H3. The highest BCUT2D eigenvalue weighted by molar-refractivity contribution is 5.36. The van der Waals surface area contributed by atoms with Crippen LogP contribution < -0.4 is 0 Å². The molecular formula is C26H34O4. The van der Waals surface area contributed by atoms with Crippen molar-refractivity contribution in [1.82, 2.24) is 0 Å². The van der Waals surface area contributed by atoms with E-state index >= 15 is 0 Å². The van der Waals surface area contributed by atoms with Crippen LogP contribution in [0.5, 0.6) is 0 Å². The Bertz CT molecular complexity index is 782. The van der Waals surface area contributed by atoms with Crippen LogP contribution in [0, 0.1) is 11.8 Å². The monoisotopic (exact) mass is 410 g/mol. The summed E-state index contributed by atoms with van der Waals surface area (Å²) >= 11 is 0. The molecule has 162 valence electrons. The van der Waals surface area contributed by atoms with E-state index in [-0.39, 0.29) is 0 Å². The molecule has 0 N–H and O–H groups in total. The summed E-state index contributed by atoms with van der Waals surface area (Å²) in [5.41, 5.74) is -1.20. The summed E-state index contributed by atoms with van der Waals surface area (Å²) < 4.78 is 0. The molecule has 0 bridgehead atoms. The zero-order valence-corrected chi connectivity index (χ0v) is 19.4. The highest BCUT2D eigenvalue weighted by Crippen LogP contribution is 2.31. The van der Waals surface area contributed by atoms with E-state index in [1.807, 2.05) is 116 Å². The first-order valence-corrected chi connectivity index (χ1v) is 10.2. The lowest BCUT2D eigenvalue weighted by molar-refractivity contribution is -0.394. The van der Waals surface area contributed by atoms with Gasteiger partial charge in [-0.25, -0.2) is 19.6 Å². The van der Waals surface area contributed by atoms with Gasteiger partial charge in [0.1, 0.15) is 0 Å². The predicted molar refractivity (Wildman–Crippen MR) is 119 cm³/mol. The molecule has 0 saturated heterocycles. The van der Waals surface area contributed by atoms with Crippen molar-refractivity contribution in [3.05, 3.63) is 71.8 Å². The molecule has 0 amide bonds. The minimum Gasteiger partial charge on any atom is -0.229 e. The van der Waals surface area contributed by atoms with Crippen molar-refractivity contribution < 1.29 is 19.6 Å². The molecule has 0 aliphatic heterocycles. The molecular weight excluding hydrogens is 376 g/mol. The fourth-order valence-corrected chi connectivity index (χ4v) is 2.45. The van der Waals surface area contributed by atoms with Crippen molar-refractivity contribution in [2.24, 2.45) is 0 Å². The Morgan fingerprint density at radius 1 is 0.467 bits per heavy atom. The minimum atomic E-state index is -1.00. The Morgan fingerprint density at radius 2 is 0.767 bits per heavy atom. The molecule has 0 spiro atoms. The molecule has 30 heavy (non-hydrogen) atoms.